The Morgan fingerprint density at radius 1 is 1.83 bits per heavy atom. The topological polar surface area (TPSA) is 84.2 Å². The van der Waals surface area contributed by atoms with Gasteiger partial charge in [-0.25, -0.2) is 9.47 Å². The Bertz CT molecular complexity index is 55.1. The van der Waals surface area contributed by atoms with Gasteiger partial charge in [0.1, 0.15) is 0 Å². The highest BCUT2D eigenvalue weighted by Gasteiger charge is 1.42. The van der Waals surface area contributed by atoms with Crippen LogP contribution in [0.25, 0.3) is 0 Å². The third kappa shape index (κ3) is 121. The van der Waals surface area contributed by atoms with Crippen molar-refractivity contribution in [3.05, 3.63) is 0 Å². The van der Waals surface area contributed by atoms with E-state index in [4.69, 9.17) is 18.6 Å². The second-order valence-electron chi connectivity index (χ2n) is 0.217. The first-order chi connectivity index (χ1) is 2.73. The molecule has 1 atom stereocenters. The third-order valence-corrected chi connectivity index (χ3v) is 0. The molecule has 36 valence electrons. The molecule has 0 heterocycles. The number of hydrogen-bond donors (Lipinski definition) is 1. The fourth-order valence-electron chi connectivity index (χ4n) is 0. The first-order valence-electron chi connectivity index (χ1n) is 0.774. The average Bonchev–Trinajstić information content (AvgIpc) is 1.41. The van der Waals surface area contributed by atoms with Crippen LogP contribution in [0, 0.1) is 11.8 Å². The summed E-state index contributed by atoms with van der Waals surface area (Å²) < 4.78 is 24.1. The minimum absolute atomic E-state index is 2.86. The number of nitriles is 1. The molecular weight excluding hydrogens is 106 g/mol. The highest BCUT2D eigenvalue weighted by molar-refractivity contribution is 7.73. The molecule has 0 aromatic rings. The Labute approximate surface area is 37.5 Å². The molecule has 0 spiro atoms. The van der Waals surface area contributed by atoms with Crippen molar-refractivity contribution in [3.63, 3.8) is 0 Å². The van der Waals surface area contributed by atoms with Gasteiger partial charge in [0.25, 0.3) is 0 Å². The number of rotatable bonds is 0. The van der Waals surface area contributed by atoms with Crippen LogP contribution in [0.5, 0.6) is 0 Å². The second-order valence-corrected chi connectivity index (χ2v) is 0.651. The van der Waals surface area contributed by atoms with Crippen molar-refractivity contribution >= 4 is 11.4 Å². The molecule has 0 aromatic carbocycles. The standard InChI is InChI=1S/CHN.H2O3S/c1-2;1-4(2)3/h1H;(H2,1,2,3)/p-1. The first kappa shape index (κ1) is 9.12. The number of hydrogen-bond acceptors (Lipinski definition) is 3. The molecule has 5 heteroatoms. The predicted molar refractivity (Wildman–Crippen MR) is 18.2 cm³/mol. The zero-order valence-corrected chi connectivity index (χ0v) is 3.51. The molecule has 0 aromatic heterocycles. The Morgan fingerprint density at radius 2 is 1.83 bits per heavy atom. The van der Waals surface area contributed by atoms with Crippen LogP contribution in [0.15, 0.2) is 0 Å². The van der Waals surface area contributed by atoms with Gasteiger partial charge in [-0.3, -0.25) is 0 Å². The zero-order valence-electron chi connectivity index (χ0n) is 2.70. The summed E-state index contributed by atoms with van der Waals surface area (Å²) in [6, 6.07) is 0. The summed E-state index contributed by atoms with van der Waals surface area (Å²) >= 11 is -2.86. The maximum atomic E-state index is 8.56. The largest absolute Gasteiger partial charge is 0.750 e. The third-order valence-electron chi connectivity index (χ3n) is 0. The lowest BCUT2D eigenvalue weighted by Gasteiger charge is -1.83. The first-order valence-corrected chi connectivity index (χ1v) is 1.81. The molecule has 0 rings (SSSR count). The molecule has 0 radical (unpaired) electrons. The summed E-state index contributed by atoms with van der Waals surface area (Å²) in [7, 11) is 0. The highest BCUT2D eigenvalue weighted by Crippen LogP contribution is 1.43. The molecule has 0 bridgehead atoms. The van der Waals surface area contributed by atoms with E-state index in [1.165, 1.54) is 0 Å². The van der Waals surface area contributed by atoms with Crippen molar-refractivity contribution in [1.29, 1.82) is 5.26 Å². The normalized spacial score (nSPS) is 10.7. The molecule has 0 aliphatic rings. The highest BCUT2D eigenvalue weighted by atomic mass is 32.2. The van der Waals surface area contributed by atoms with Crippen molar-refractivity contribution in [1.82, 2.24) is 0 Å². The van der Waals surface area contributed by atoms with E-state index in [2.05, 4.69) is 6.57 Å². The van der Waals surface area contributed by atoms with E-state index in [1.807, 2.05) is 0 Å². The van der Waals surface area contributed by atoms with Gasteiger partial charge in [-0.1, -0.05) is 0 Å². The van der Waals surface area contributed by atoms with Gasteiger partial charge in [-0.2, -0.15) is 0 Å². The Balaban J connectivity index is 0. The van der Waals surface area contributed by atoms with Crippen LogP contribution in [-0.4, -0.2) is 13.3 Å². The zero-order chi connectivity index (χ0) is 5.58. The van der Waals surface area contributed by atoms with Crippen LogP contribution in [0.4, 0.5) is 0 Å². The van der Waals surface area contributed by atoms with Gasteiger partial charge >= 0.3 is 0 Å². The minimum atomic E-state index is -2.86. The Morgan fingerprint density at radius 3 is 1.83 bits per heavy atom. The molecule has 1 unspecified atom stereocenters. The van der Waals surface area contributed by atoms with Gasteiger partial charge in [-0.15, -0.1) is 0 Å². The summed E-state index contributed by atoms with van der Waals surface area (Å²) in [6.07, 6.45) is 0. The van der Waals surface area contributed by atoms with E-state index in [0.29, 0.717) is 0 Å². The van der Waals surface area contributed by atoms with Crippen LogP contribution < -0.4 is 0 Å². The van der Waals surface area contributed by atoms with E-state index in [0.717, 1.165) is 0 Å². The van der Waals surface area contributed by atoms with Gasteiger partial charge in [-0.05, 0) is 0 Å². The summed E-state index contributed by atoms with van der Waals surface area (Å²) in [6.45, 7) is 3.50. The van der Waals surface area contributed by atoms with E-state index >= 15 is 0 Å². The van der Waals surface area contributed by atoms with Crippen molar-refractivity contribution in [2.24, 2.45) is 0 Å². The van der Waals surface area contributed by atoms with Crippen LogP contribution in [0.3, 0.4) is 0 Å². The summed E-state index contributed by atoms with van der Waals surface area (Å²) in [5, 5.41) is 6.50. The molecule has 1 N–H and O–H groups in total. The lowest BCUT2D eigenvalue weighted by Crippen LogP contribution is -1.75. The van der Waals surface area contributed by atoms with Crippen molar-refractivity contribution in [2.75, 3.05) is 0 Å². The molecule has 4 nitrogen and oxygen atoms in total. The van der Waals surface area contributed by atoms with E-state index in [9.17, 15) is 0 Å². The van der Waals surface area contributed by atoms with Crippen molar-refractivity contribution < 1.29 is 13.3 Å². The molecule has 0 aliphatic heterocycles. The molecule has 6 heavy (non-hydrogen) atoms. The van der Waals surface area contributed by atoms with Crippen LogP contribution >= 0.6 is 0 Å². The van der Waals surface area contributed by atoms with Crippen LogP contribution in [-0.2, 0) is 11.4 Å². The Kier molecular flexibility index (Phi) is 13.4. The maximum absolute atomic E-state index is 8.56. The minimum Gasteiger partial charge on any atom is -0.750 e. The van der Waals surface area contributed by atoms with E-state index < -0.39 is 11.4 Å². The van der Waals surface area contributed by atoms with Crippen LogP contribution in [0.1, 0.15) is 0 Å². The lowest BCUT2D eigenvalue weighted by molar-refractivity contribution is 0.436. The molecular formula is CH2NO3S-. The van der Waals surface area contributed by atoms with Crippen molar-refractivity contribution in [3.8, 4) is 6.57 Å². The summed E-state index contributed by atoms with van der Waals surface area (Å²) in [5.74, 6) is 0. The molecule has 0 saturated carbocycles. The fourth-order valence-corrected chi connectivity index (χ4v) is 0. The lowest BCUT2D eigenvalue weighted by atomic mass is 11.9. The summed E-state index contributed by atoms with van der Waals surface area (Å²) in [4.78, 5) is 0. The maximum Gasteiger partial charge on any atom is 0.0814 e. The molecule has 0 fully saturated rings. The van der Waals surface area contributed by atoms with Gasteiger partial charge < -0.3 is 9.11 Å². The fraction of sp³-hybridized carbons (Fsp3) is 0. The second kappa shape index (κ2) is 8.82. The van der Waals surface area contributed by atoms with Gasteiger partial charge in [0.15, 0.2) is 0 Å². The monoisotopic (exact) mass is 108 g/mol. The van der Waals surface area contributed by atoms with E-state index in [1.54, 1.807) is 0 Å². The van der Waals surface area contributed by atoms with Crippen LogP contribution in [0.2, 0.25) is 0 Å². The summed E-state index contributed by atoms with van der Waals surface area (Å²) in [5.41, 5.74) is 0. The predicted octanol–water partition coefficient (Wildman–Crippen LogP) is -0.522. The molecule has 0 aliphatic carbocycles. The van der Waals surface area contributed by atoms with Crippen molar-refractivity contribution in [2.45, 2.75) is 0 Å². The SMILES string of the molecule is C#N.O=S([O-])O. The number of nitrogens with zero attached hydrogens (tertiary/aromatic N) is 1. The average molecular weight is 108 g/mol. The van der Waals surface area contributed by atoms with Gasteiger partial charge in [0, 0.05) is 6.57 Å². The smallest absolute Gasteiger partial charge is 0.0814 e. The molecule has 0 amide bonds. The molecule has 0 saturated heterocycles. The Hall–Kier alpha value is -0.440. The van der Waals surface area contributed by atoms with Gasteiger partial charge in [0.2, 0.25) is 0 Å². The quantitative estimate of drug-likeness (QED) is 0.423. The van der Waals surface area contributed by atoms with Gasteiger partial charge in [0.05, 0.1) is 11.4 Å². The van der Waals surface area contributed by atoms with E-state index in [-0.39, 0.29) is 0 Å².